The van der Waals surface area contributed by atoms with Crippen LogP contribution in [0.2, 0.25) is 0 Å². The Morgan fingerprint density at radius 1 is 1.43 bits per heavy atom. The number of rotatable bonds is 5. The number of fused-ring (bicyclic) bond motifs is 1. The first-order chi connectivity index (χ1) is 14.0. The number of hydrogen-bond donors (Lipinski definition) is 1. The van der Waals surface area contributed by atoms with E-state index in [-0.39, 0.29) is 24.0 Å². The lowest BCUT2D eigenvalue weighted by Crippen LogP contribution is -2.58. The van der Waals surface area contributed by atoms with Gasteiger partial charge in [-0.3, -0.25) is 4.79 Å². The Labute approximate surface area is 177 Å². The monoisotopic (exact) mass is 420 g/mol. The van der Waals surface area contributed by atoms with E-state index in [1.165, 1.54) is 25.2 Å². The standard InChI is InChI=1S/C23H32O7/c1-7-8-18(25)30-21-20(28-12-13(2)3)19-15(5)22(26)29-16(19)11-14(4)9-10-17(24)23(21,6)27/h7-10,13-14,16,19-21,27H,5,11-12H2,1-4,6H3/b8-7+,10-9-/t14-,16+,19-,20-,21+,23+/m0/s1. The molecule has 1 fully saturated rings. The van der Waals surface area contributed by atoms with E-state index >= 15 is 0 Å². The van der Waals surface area contributed by atoms with E-state index < -0.39 is 47.6 Å². The van der Waals surface area contributed by atoms with Crippen molar-refractivity contribution in [3.05, 3.63) is 36.5 Å². The number of carbonyl (C=O) groups excluding carboxylic acids is 3. The van der Waals surface area contributed by atoms with Gasteiger partial charge in [-0.15, -0.1) is 0 Å². The van der Waals surface area contributed by atoms with Crippen molar-refractivity contribution in [2.45, 2.75) is 65.0 Å². The third-order valence-corrected chi connectivity index (χ3v) is 5.38. The number of carbonyl (C=O) groups is 3. The van der Waals surface area contributed by atoms with Crippen molar-refractivity contribution in [3.8, 4) is 0 Å². The fraction of sp³-hybridized carbons (Fsp3) is 0.609. The molecule has 1 saturated heterocycles. The fourth-order valence-corrected chi connectivity index (χ4v) is 3.74. The average Bonchev–Trinajstić information content (AvgIpc) is 2.92. The highest BCUT2D eigenvalue weighted by Gasteiger charge is 2.54. The summed E-state index contributed by atoms with van der Waals surface area (Å²) in [7, 11) is 0. The lowest BCUT2D eigenvalue weighted by Gasteiger charge is -2.40. The maximum atomic E-state index is 12.8. The molecule has 0 bridgehead atoms. The Hall–Kier alpha value is -2.25. The first-order valence-electron chi connectivity index (χ1n) is 10.3. The van der Waals surface area contributed by atoms with Crippen LogP contribution in [0.15, 0.2) is 36.5 Å². The molecular weight excluding hydrogens is 388 g/mol. The molecule has 7 nitrogen and oxygen atoms in total. The first kappa shape index (κ1) is 24.0. The van der Waals surface area contributed by atoms with Crippen LogP contribution in [0.4, 0.5) is 0 Å². The number of esters is 2. The Bertz CT molecular complexity index is 747. The van der Waals surface area contributed by atoms with E-state index in [1.54, 1.807) is 13.0 Å². The summed E-state index contributed by atoms with van der Waals surface area (Å²) in [6.45, 7) is 12.9. The minimum atomic E-state index is -2.08. The molecule has 0 aromatic carbocycles. The number of allylic oxidation sites excluding steroid dienone is 2. The summed E-state index contributed by atoms with van der Waals surface area (Å²) in [5, 5.41) is 11.2. The Morgan fingerprint density at radius 2 is 2.10 bits per heavy atom. The molecule has 0 aromatic rings. The highest BCUT2D eigenvalue weighted by molar-refractivity contribution is 5.97. The van der Waals surface area contributed by atoms with Crippen LogP contribution in [0.3, 0.4) is 0 Å². The molecule has 0 saturated carbocycles. The van der Waals surface area contributed by atoms with Crippen LogP contribution in [0.1, 0.15) is 41.0 Å². The summed E-state index contributed by atoms with van der Waals surface area (Å²) >= 11 is 0. The van der Waals surface area contributed by atoms with Crippen LogP contribution in [-0.4, -0.2) is 53.3 Å². The van der Waals surface area contributed by atoms with Crippen LogP contribution in [0, 0.1) is 17.8 Å². The summed E-state index contributed by atoms with van der Waals surface area (Å²) in [5.74, 6) is -2.54. The van der Waals surface area contributed by atoms with Crippen molar-refractivity contribution in [3.63, 3.8) is 0 Å². The first-order valence-corrected chi connectivity index (χ1v) is 10.3. The largest absolute Gasteiger partial charge is 0.458 e. The molecule has 166 valence electrons. The number of ketones is 1. The van der Waals surface area contributed by atoms with Crippen molar-refractivity contribution in [2.24, 2.45) is 17.8 Å². The van der Waals surface area contributed by atoms with E-state index in [0.717, 1.165) is 0 Å². The molecule has 2 rings (SSSR count). The molecule has 0 amide bonds. The maximum absolute atomic E-state index is 12.8. The lowest BCUT2D eigenvalue weighted by atomic mass is 9.77. The van der Waals surface area contributed by atoms with Crippen molar-refractivity contribution in [1.29, 1.82) is 0 Å². The van der Waals surface area contributed by atoms with Crippen LogP contribution < -0.4 is 0 Å². The van der Waals surface area contributed by atoms with Gasteiger partial charge >= 0.3 is 11.9 Å². The molecule has 30 heavy (non-hydrogen) atoms. The molecule has 0 spiro atoms. The Kier molecular flexibility index (Phi) is 7.77. The van der Waals surface area contributed by atoms with E-state index in [9.17, 15) is 19.5 Å². The molecule has 6 atom stereocenters. The third-order valence-electron chi connectivity index (χ3n) is 5.38. The molecular formula is C23H32O7. The number of aliphatic hydroxyl groups is 1. The Balaban J connectivity index is 2.61. The summed E-state index contributed by atoms with van der Waals surface area (Å²) in [5.41, 5.74) is -1.90. The smallest absolute Gasteiger partial charge is 0.334 e. The number of hydrogen-bond acceptors (Lipinski definition) is 7. The van der Waals surface area contributed by atoms with Crippen LogP contribution in [0.25, 0.3) is 0 Å². The van der Waals surface area contributed by atoms with Gasteiger partial charge in [-0.1, -0.05) is 39.5 Å². The molecule has 1 heterocycles. The van der Waals surface area contributed by atoms with Gasteiger partial charge in [0.15, 0.2) is 17.5 Å². The van der Waals surface area contributed by atoms with Crippen molar-refractivity contribution >= 4 is 17.7 Å². The normalized spacial score (nSPS) is 36.0. The number of ether oxygens (including phenoxy) is 3. The van der Waals surface area contributed by atoms with Crippen LogP contribution in [-0.2, 0) is 28.6 Å². The summed E-state index contributed by atoms with van der Waals surface area (Å²) in [6, 6.07) is 0. The van der Waals surface area contributed by atoms with Gasteiger partial charge in [-0.05, 0) is 38.2 Å². The minimum absolute atomic E-state index is 0.0937. The van der Waals surface area contributed by atoms with Crippen molar-refractivity contribution in [2.75, 3.05) is 6.61 Å². The summed E-state index contributed by atoms with van der Waals surface area (Å²) in [6.07, 6.45) is 3.13. The second kappa shape index (κ2) is 9.71. The molecule has 1 aliphatic heterocycles. The molecule has 1 aliphatic carbocycles. The lowest BCUT2D eigenvalue weighted by molar-refractivity contribution is -0.191. The molecule has 7 heteroatoms. The van der Waals surface area contributed by atoms with Gasteiger partial charge in [0.1, 0.15) is 12.2 Å². The minimum Gasteiger partial charge on any atom is -0.458 e. The molecule has 0 unspecified atom stereocenters. The quantitative estimate of drug-likeness (QED) is 0.539. The van der Waals surface area contributed by atoms with E-state index in [0.29, 0.717) is 6.42 Å². The van der Waals surface area contributed by atoms with Crippen LogP contribution in [0.5, 0.6) is 0 Å². The van der Waals surface area contributed by atoms with E-state index in [4.69, 9.17) is 14.2 Å². The van der Waals surface area contributed by atoms with Crippen molar-refractivity contribution in [1.82, 2.24) is 0 Å². The van der Waals surface area contributed by atoms with Gasteiger partial charge in [0.25, 0.3) is 0 Å². The summed E-state index contributed by atoms with van der Waals surface area (Å²) in [4.78, 5) is 37.5. The van der Waals surface area contributed by atoms with Gasteiger partial charge in [0.2, 0.25) is 0 Å². The second-order valence-corrected chi connectivity index (χ2v) is 8.63. The van der Waals surface area contributed by atoms with Gasteiger partial charge in [0, 0.05) is 18.3 Å². The molecule has 0 aromatic heterocycles. The average molecular weight is 421 g/mol. The van der Waals surface area contributed by atoms with E-state index in [2.05, 4.69) is 6.58 Å². The molecule has 1 N–H and O–H groups in total. The van der Waals surface area contributed by atoms with Gasteiger partial charge < -0.3 is 19.3 Å². The summed E-state index contributed by atoms with van der Waals surface area (Å²) < 4.78 is 17.2. The van der Waals surface area contributed by atoms with Gasteiger partial charge in [-0.2, -0.15) is 0 Å². The molecule has 2 aliphatic rings. The predicted octanol–water partition coefficient (Wildman–Crippen LogP) is 2.53. The maximum Gasteiger partial charge on any atom is 0.334 e. The highest BCUT2D eigenvalue weighted by Crippen LogP contribution is 2.40. The third kappa shape index (κ3) is 5.26. The molecule has 0 radical (unpaired) electrons. The zero-order valence-electron chi connectivity index (χ0n) is 18.3. The SMILES string of the molecule is C=C1C(=O)O[C@@H]2C[C@@H](C)/C=C\C(=O)[C@@](C)(O)[C@H](OC(=O)/C=C/C)[C@@H](OCC(C)C)[C@@H]12. The fourth-order valence-electron chi connectivity index (χ4n) is 3.74. The zero-order chi connectivity index (χ0) is 22.6. The zero-order valence-corrected chi connectivity index (χ0v) is 18.3. The van der Waals surface area contributed by atoms with Crippen molar-refractivity contribution < 1.29 is 33.7 Å². The van der Waals surface area contributed by atoms with Crippen LogP contribution >= 0.6 is 0 Å². The predicted molar refractivity (Wildman–Crippen MR) is 110 cm³/mol. The van der Waals surface area contributed by atoms with Gasteiger partial charge in [-0.25, -0.2) is 9.59 Å². The second-order valence-electron chi connectivity index (χ2n) is 8.63. The highest BCUT2D eigenvalue weighted by atomic mass is 16.6. The van der Waals surface area contributed by atoms with Gasteiger partial charge in [0.05, 0.1) is 5.92 Å². The Morgan fingerprint density at radius 3 is 2.70 bits per heavy atom. The van der Waals surface area contributed by atoms with E-state index in [1.807, 2.05) is 20.8 Å². The topological polar surface area (TPSA) is 99.1 Å².